The molecule has 3 aliphatic rings. The van der Waals surface area contributed by atoms with Crippen LogP contribution in [-0.2, 0) is 22.7 Å². The summed E-state index contributed by atoms with van der Waals surface area (Å²) in [5.41, 5.74) is 13.1. The van der Waals surface area contributed by atoms with Gasteiger partial charge in [-0.05, 0) is 148 Å². The Balaban J connectivity index is 0.000000178. The van der Waals surface area contributed by atoms with E-state index in [1.54, 1.807) is 35.0 Å². The summed E-state index contributed by atoms with van der Waals surface area (Å²) < 4.78 is 34.3. The van der Waals surface area contributed by atoms with Crippen molar-refractivity contribution in [3.05, 3.63) is 127 Å². The SMILES string of the molecule is C.Cc1cc(-n2c(C(C)C)c(I)c3cc4c(cc32)C=NC4)ccc1F.Cc1cc(-n2c(C(C)C)cc3cc4c(cc32)C=NC4)ccc1F.O=C1CCC(=O)N1I.S. The number of hydrogen-bond acceptors (Lipinski definition) is 4. The Bertz CT molecular complexity index is 2570. The van der Waals surface area contributed by atoms with Crippen LogP contribution in [0.2, 0.25) is 0 Å². The number of halogens is 4. The Morgan fingerprint density at radius 3 is 1.67 bits per heavy atom. The van der Waals surface area contributed by atoms with E-state index in [1.165, 1.54) is 53.5 Å². The number of nitrogens with zero attached hydrogens (tertiary/aromatic N) is 5. The topological polar surface area (TPSA) is 72.0 Å². The predicted octanol–water partition coefficient (Wildman–Crippen LogP) is 12.1. The molecule has 5 heterocycles. The second kappa shape index (κ2) is 17.9. The van der Waals surface area contributed by atoms with Gasteiger partial charge in [0.2, 0.25) is 11.8 Å². The maximum Gasteiger partial charge on any atom is 0.238 e. The van der Waals surface area contributed by atoms with E-state index in [9.17, 15) is 18.4 Å². The molecule has 0 spiro atoms. The minimum absolute atomic E-state index is 0. The number of fused-ring (bicyclic) bond motifs is 4. The van der Waals surface area contributed by atoms with Crippen LogP contribution in [0.4, 0.5) is 8.78 Å². The van der Waals surface area contributed by atoms with Gasteiger partial charge < -0.3 is 9.13 Å². The molecule has 9 rings (SSSR count). The summed E-state index contributed by atoms with van der Waals surface area (Å²) in [7, 11) is 0. The van der Waals surface area contributed by atoms with Gasteiger partial charge in [-0.1, -0.05) is 35.1 Å². The first-order valence-electron chi connectivity index (χ1n) is 18.3. The number of carbonyl (C=O) groups is 2. The predicted molar refractivity (Wildman–Crippen MR) is 252 cm³/mol. The average molecular weight is 1010 g/mol. The Morgan fingerprint density at radius 1 is 0.684 bits per heavy atom. The molecule has 0 aliphatic carbocycles. The number of rotatable bonds is 4. The van der Waals surface area contributed by atoms with Gasteiger partial charge in [0.25, 0.3) is 0 Å². The summed E-state index contributed by atoms with van der Waals surface area (Å²) >= 11 is 4.16. The van der Waals surface area contributed by atoms with Crippen molar-refractivity contribution < 1.29 is 18.4 Å². The monoisotopic (exact) mass is 1010 g/mol. The zero-order valence-electron chi connectivity index (χ0n) is 32.1. The van der Waals surface area contributed by atoms with E-state index in [0.29, 0.717) is 35.8 Å². The molecule has 7 nitrogen and oxygen atoms in total. The summed E-state index contributed by atoms with van der Waals surface area (Å²) in [6.45, 7) is 13.9. The molecule has 0 radical (unpaired) electrons. The molecule has 6 aromatic rings. The van der Waals surface area contributed by atoms with Crippen molar-refractivity contribution in [3.8, 4) is 11.4 Å². The van der Waals surface area contributed by atoms with Crippen LogP contribution in [0.5, 0.6) is 0 Å². The average Bonchev–Trinajstić information content (AvgIpc) is 3.99. The third kappa shape index (κ3) is 8.63. The number of amides is 2. The lowest BCUT2D eigenvalue weighted by Crippen LogP contribution is -2.16. The van der Waals surface area contributed by atoms with Crippen LogP contribution < -0.4 is 0 Å². The van der Waals surface area contributed by atoms with Crippen molar-refractivity contribution in [1.82, 2.24) is 12.2 Å². The van der Waals surface area contributed by atoms with E-state index in [4.69, 9.17) is 0 Å². The fraction of sp³-hybridized carbons (Fsp3) is 0.289. The van der Waals surface area contributed by atoms with Gasteiger partial charge in [0.1, 0.15) is 11.6 Å². The van der Waals surface area contributed by atoms with Crippen molar-refractivity contribution >= 4 is 105 Å². The molecule has 12 heteroatoms. The van der Waals surface area contributed by atoms with E-state index in [0.717, 1.165) is 33.1 Å². The number of benzene rings is 4. The molecule has 0 N–H and O–H groups in total. The molecule has 2 aromatic heterocycles. The third-order valence-electron chi connectivity index (χ3n) is 10.2. The van der Waals surface area contributed by atoms with Crippen LogP contribution in [0.25, 0.3) is 33.2 Å². The second-order valence-corrected chi connectivity index (χ2v) is 16.8. The Labute approximate surface area is 367 Å². The van der Waals surface area contributed by atoms with E-state index < -0.39 is 0 Å². The van der Waals surface area contributed by atoms with Crippen molar-refractivity contribution in [2.24, 2.45) is 9.98 Å². The fourth-order valence-corrected chi connectivity index (χ4v) is 9.08. The molecular formula is C45H47F2I2N5O2S. The van der Waals surface area contributed by atoms with Crippen LogP contribution in [0.15, 0.2) is 76.7 Å². The molecule has 2 amide bonds. The van der Waals surface area contributed by atoms with Crippen LogP contribution in [0.1, 0.15) is 105 Å². The maximum absolute atomic E-state index is 13.7. The van der Waals surface area contributed by atoms with Gasteiger partial charge in [0.15, 0.2) is 0 Å². The number of aliphatic imine (C=N–C) groups is 2. The quantitative estimate of drug-likeness (QED) is 0.100. The number of hydrogen-bond donors (Lipinski definition) is 0. The summed E-state index contributed by atoms with van der Waals surface area (Å²) in [5, 5.41) is 2.48. The molecule has 1 saturated heterocycles. The standard InChI is InChI=1S/C20H18FIN2.C20H19FN2.C4H4INO2.CH4.H2S/c1-11(2)20-19(22)16-7-13-9-23-10-14(13)8-18(16)24(20)15-4-5-17(21)12(3)6-15;1-12(2)19-8-14-7-15-10-22-11-16(15)9-20(14)23(19)17-4-5-18(21)13(3)6-17;5-6-3(7)1-2-4(6)8;;/h4-8,10-11H,9H2,1-3H3;4-9,11-12H,10H2,1-3H3;1-2H2;1H4;1H2. The summed E-state index contributed by atoms with van der Waals surface area (Å²) in [6.07, 6.45) is 4.67. The Hall–Kier alpha value is -3.89. The van der Waals surface area contributed by atoms with Gasteiger partial charge >= 0.3 is 0 Å². The molecule has 3 aliphatic heterocycles. The molecule has 4 aromatic carbocycles. The summed E-state index contributed by atoms with van der Waals surface area (Å²) in [4.78, 5) is 29.7. The first-order chi connectivity index (χ1) is 26.2. The van der Waals surface area contributed by atoms with E-state index in [1.807, 2.05) is 50.5 Å². The first kappa shape index (κ1) is 44.2. The molecule has 298 valence electrons. The molecule has 57 heavy (non-hydrogen) atoms. The zero-order chi connectivity index (χ0) is 39.3. The van der Waals surface area contributed by atoms with E-state index >= 15 is 0 Å². The van der Waals surface area contributed by atoms with Crippen LogP contribution >= 0.6 is 59.0 Å². The molecule has 1 fully saturated rings. The maximum atomic E-state index is 13.7. The van der Waals surface area contributed by atoms with Gasteiger partial charge in [-0.3, -0.25) is 19.6 Å². The van der Waals surface area contributed by atoms with Gasteiger partial charge in [-0.15, -0.1) is 0 Å². The van der Waals surface area contributed by atoms with E-state index in [-0.39, 0.29) is 44.4 Å². The van der Waals surface area contributed by atoms with Gasteiger partial charge in [-0.25, -0.2) is 11.9 Å². The van der Waals surface area contributed by atoms with E-state index in [2.05, 4.69) is 99.7 Å². The van der Waals surface area contributed by atoms with Crippen molar-refractivity contribution in [3.63, 3.8) is 0 Å². The summed E-state index contributed by atoms with van der Waals surface area (Å²) in [6, 6.07) is 21.8. The Morgan fingerprint density at radius 2 is 1.19 bits per heavy atom. The molecular weight excluding hydrogens is 966 g/mol. The van der Waals surface area contributed by atoms with Crippen LogP contribution in [-0.4, -0.2) is 36.5 Å². The normalized spacial score (nSPS) is 13.8. The highest BCUT2D eigenvalue weighted by Crippen LogP contribution is 2.38. The highest BCUT2D eigenvalue weighted by molar-refractivity contribution is 14.1. The van der Waals surface area contributed by atoms with Gasteiger partial charge in [0.05, 0.1) is 47.0 Å². The minimum Gasteiger partial charge on any atom is -0.313 e. The molecule has 0 bridgehead atoms. The third-order valence-corrected chi connectivity index (χ3v) is 12.4. The lowest BCUT2D eigenvalue weighted by Gasteiger charge is -2.15. The number of aryl methyl sites for hydroxylation is 2. The molecule has 0 atom stereocenters. The number of imide groups is 1. The number of carbonyl (C=O) groups excluding carboxylic acids is 2. The lowest BCUT2D eigenvalue weighted by atomic mass is 10.1. The highest BCUT2D eigenvalue weighted by Gasteiger charge is 2.26. The van der Waals surface area contributed by atoms with Crippen molar-refractivity contribution in [1.29, 1.82) is 0 Å². The zero-order valence-corrected chi connectivity index (χ0v) is 37.4. The van der Waals surface area contributed by atoms with Crippen molar-refractivity contribution in [2.75, 3.05) is 0 Å². The minimum atomic E-state index is -0.163. The van der Waals surface area contributed by atoms with Crippen molar-refractivity contribution in [2.45, 2.75) is 86.7 Å². The van der Waals surface area contributed by atoms with Crippen LogP contribution in [0, 0.1) is 29.1 Å². The second-order valence-electron chi connectivity index (χ2n) is 14.8. The Kier molecular flexibility index (Phi) is 13.9. The van der Waals surface area contributed by atoms with Gasteiger partial charge in [0, 0.05) is 62.4 Å². The highest BCUT2D eigenvalue weighted by atomic mass is 127. The molecule has 0 saturated carbocycles. The first-order valence-corrected chi connectivity index (χ1v) is 20.4. The number of aromatic nitrogens is 2. The fourth-order valence-electron chi connectivity index (χ4n) is 7.30. The summed E-state index contributed by atoms with van der Waals surface area (Å²) in [5.74, 6) is 0.286. The van der Waals surface area contributed by atoms with Crippen LogP contribution in [0.3, 0.4) is 0 Å². The van der Waals surface area contributed by atoms with Gasteiger partial charge in [-0.2, -0.15) is 13.5 Å². The lowest BCUT2D eigenvalue weighted by molar-refractivity contribution is -0.130. The molecule has 0 unspecified atom stereocenters. The smallest absolute Gasteiger partial charge is 0.238 e. The largest absolute Gasteiger partial charge is 0.313 e.